The number of thioether (sulfide) groups is 1. The lowest BCUT2D eigenvalue weighted by Crippen LogP contribution is -2.07. The minimum absolute atomic E-state index is 0.0750. The highest BCUT2D eigenvalue weighted by Crippen LogP contribution is 2.36. The Morgan fingerprint density at radius 1 is 1.60 bits per heavy atom. The van der Waals surface area contributed by atoms with Crippen LogP contribution >= 0.6 is 11.8 Å². The summed E-state index contributed by atoms with van der Waals surface area (Å²) in [4.78, 5) is 11.1. The number of hydrogen-bond donors (Lipinski definition) is 0. The average molecular weight is 225 g/mol. The Labute approximate surface area is 91.8 Å². The molecule has 0 aliphatic carbocycles. The summed E-state index contributed by atoms with van der Waals surface area (Å²) in [5.74, 6) is 0.762. The minimum atomic E-state index is -0.349. The van der Waals surface area contributed by atoms with Gasteiger partial charge in [0.15, 0.2) is 0 Å². The van der Waals surface area contributed by atoms with E-state index in [1.165, 1.54) is 17.8 Å². The number of benzene rings is 1. The van der Waals surface area contributed by atoms with Crippen LogP contribution in [0.5, 0.6) is 0 Å². The second kappa shape index (κ2) is 3.83. The monoisotopic (exact) mass is 225 g/mol. The van der Waals surface area contributed by atoms with Crippen molar-refractivity contribution in [2.24, 2.45) is 0 Å². The van der Waals surface area contributed by atoms with Crippen LogP contribution in [0.1, 0.15) is 6.92 Å². The molecule has 2 rings (SSSR count). The van der Waals surface area contributed by atoms with Crippen molar-refractivity contribution in [2.45, 2.75) is 17.4 Å². The maximum atomic E-state index is 10.7. The lowest BCUT2D eigenvalue weighted by atomic mass is 10.3. The predicted molar refractivity (Wildman–Crippen MR) is 58.2 cm³/mol. The van der Waals surface area contributed by atoms with Gasteiger partial charge >= 0.3 is 0 Å². The molecule has 0 saturated carbocycles. The number of ether oxygens (including phenoxy) is 1. The number of nitro benzene ring substituents is 1. The lowest BCUT2D eigenvalue weighted by Gasteiger charge is -2.04. The number of nitro groups is 1. The van der Waals surface area contributed by atoms with E-state index in [1.807, 2.05) is 13.0 Å². The van der Waals surface area contributed by atoms with Gasteiger partial charge in [0.25, 0.3) is 5.69 Å². The zero-order valence-electron chi connectivity index (χ0n) is 8.30. The highest BCUT2D eigenvalue weighted by molar-refractivity contribution is 7.99. The van der Waals surface area contributed by atoms with Crippen LogP contribution in [0.3, 0.4) is 0 Å². The molecule has 1 fully saturated rings. The molecule has 1 aromatic rings. The maximum Gasteiger partial charge on any atom is 0.282 e. The third-order valence-electron chi connectivity index (χ3n) is 2.23. The van der Waals surface area contributed by atoms with Crippen LogP contribution in [0.2, 0.25) is 0 Å². The first-order valence-electron chi connectivity index (χ1n) is 4.61. The van der Waals surface area contributed by atoms with Gasteiger partial charge < -0.3 is 4.74 Å². The molecule has 1 aliphatic heterocycles. The van der Waals surface area contributed by atoms with Crippen molar-refractivity contribution in [1.82, 2.24) is 0 Å². The van der Waals surface area contributed by atoms with E-state index >= 15 is 0 Å². The van der Waals surface area contributed by atoms with Gasteiger partial charge in [-0.05, 0) is 13.0 Å². The molecular formula is C10H11NO3S. The molecule has 0 amide bonds. The molecule has 80 valence electrons. The molecule has 15 heavy (non-hydrogen) atoms. The first kappa shape index (κ1) is 10.4. The van der Waals surface area contributed by atoms with E-state index < -0.39 is 0 Å². The molecule has 1 saturated heterocycles. The van der Waals surface area contributed by atoms with Gasteiger partial charge in [-0.1, -0.05) is 12.1 Å². The van der Waals surface area contributed by atoms with Crippen molar-refractivity contribution in [3.8, 4) is 0 Å². The summed E-state index contributed by atoms with van der Waals surface area (Å²) >= 11 is 1.48. The Balaban J connectivity index is 2.09. The van der Waals surface area contributed by atoms with Crippen LogP contribution in [0.15, 0.2) is 29.2 Å². The molecular weight excluding hydrogens is 214 g/mol. The van der Waals surface area contributed by atoms with Gasteiger partial charge in [0, 0.05) is 11.8 Å². The second-order valence-electron chi connectivity index (χ2n) is 3.75. The summed E-state index contributed by atoms with van der Waals surface area (Å²) in [5, 5.41) is 10.7. The van der Waals surface area contributed by atoms with E-state index in [2.05, 4.69) is 0 Å². The SMILES string of the molecule is CC1(CSc2ccccc2[N+](=O)[O-])CO1. The van der Waals surface area contributed by atoms with Crippen molar-refractivity contribution in [3.63, 3.8) is 0 Å². The number of nitrogens with zero attached hydrogens (tertiary/aromatic N) is 1. The van der Waals surface area contributed by atoms with Gasteiger partial charge in [-0.2, -0.15) is 0 Å². The lowest BCUT2D eigenvalue weighted by molar-refractivity contribution is -0.387. The second-order valence-corrected chi connectivity index (χ2v) is 4.77. The highest BCUT2D eigenvalue weighted by Gasteiger charge is 2.39. The van der Waals surface area contributed by atoms with Crippen LogP contribution in [0, 0.1) is 10.1 Å². The van der Waals surface area contributed by atoms with Crippen LogP contribution in [-0.2, 0) is 4.74 Å². The fourth-order valence-electron chi connectivity index (χ4n) is 1.17. The van der Waals surface area contributed by atoms with E-state index in [9.17, 15) is 10.1 Å². The molecule has 0 aromatic heterocycles. The topological polar surface area (TPSA) is 55.7 Å². The zero-order chi connectivity index (χ0) is 10.9. The fraction of sp³-hybridized carbons (Fsp3) is 0.400. The molecule has 5 heteroatoms. The van der Waals surface area contributed by atoms with Gasteiger partial charge in [0.05, 0.1) is 22.0 Å². The average Bonchev–Trinajstić information content (AvgIpc) is 2.95. The quantitative estimate of drug-likeness (QED) is 0.342. The Hall–Kier alpha value is -1.07. The van der Waals surface area contributed by atoms with Gasteiger partial charge in [-0.15, -0.1) is 11.8 Å². The molecule has 0 N–H and O–H groups in total. The van der Waals surface area contributed by atoms with Crippen LogP contribution < -0.4 is 0 Å². The van der Waals surface area contributed by atoms with Gasteiger partial charge in [-0.3, -0.25) is 10.1 Å². The van der Waals surface area contributed by atoms with E-state index in [1.54, 1.807) is 12.1 Å². The van der Waals surface area contributed by atoms with Gasteiger partial charge in [-0.25, -0.2) is 0 Å². The third kappa shape index (κ3) is 2.49. The highest BCUT2D eigenvalue weighted by atomic mass is 32.2. The molecule has 1 atom stereocenters. The van der Waals surface area contributed by atoms with Gasteiger partial charge in [0.2, 0.25) is 0 Å². The molecule has 0 bridgehead atoms. The number of epoxide rings is 1. The van der Waals surface area contributed by atoms with Crippen molar-refractivity contribution in [2.75, 3.05) is 12.4 Å². The molecule has 0 spiro atoms. The summed E-state index contributed by atoms with van der Waals surface area (Å²) in [7, 11) is 0. The number of rotatable bonds is 4. The molecule has 1 aliphatic rings. The normalized spacial score (nSPS) is 23.8. The summed E-state index contributed by atoms with van der Waals surface area (Å²) in [6.07, 6.45) is 0. The summed E-state index contributed by atoms with van der Waals surface area (Å²) in [5.41, 5.74) is 0.0979. The molecule has 1 unspecified atom stereocenters. The molecule has 1 heterocycles. The smallest absolute Gasteiger partial charge is 0.282 e. The molecule has 1 aromatic carbocycles. The van der Waals surface area contributed by atoms with Crippen LogP contribution in [0.4, 0.5) is 5.69 Å². The predicted octanol–water partition coefficient (Wildman–Crippen LogP) is 2.48. The molecule has 0 radical (unpaired) electrons. The summed E-state index contributed by atoms with van der Waals surface area (Å²) in [6, 6.07) is 6.79. The zero-order valence-corrected chi connectivity index (χ0v) is 9.12. The Bertz CT molecular complexity index is 390. The Morgan fingerprint density at radius 2 is 2.27 bits per heavy atom. The van der Waals surface area contributed by atoms with Crippen LogP contribution in [-0.4, -0.2) is 22.9 Å². The Morgan fingerprint density at radius 3 is 2.87 bits per heavy atom. The largest absolute Gasteiger partial charge is 0.369 e. The third-order valence-corrected chi connectivity index (χ3v) is 3.64. The van der Waals surface area contributed by atoms with Crippen molar-refractivity contribution in [1.29, 1.82) is 0 Å². The first-order valence-corrected chi connectivity index (χ1v) is 5.59. The van der Waals surface area contributed by atoms with E-state index in [-0.39, 0.29) is 16.2 Å². The summed E-state index contributed by atoms with van der Waals surface area (Å²) < 4.78 is 5.23. The van der Waals surface area contributed by atoms with E-state index in [0.29, 0.717) is 4.90 Å². The van der Waals surface area contributed by atoms with E-state index in [0.717, 1.165) is 12.4 Å². The number of hydrogen-bond acceptors (Lipinski definition) is 4. The van der Waals surface area contributed by atoms with E-state index in [4.69, 9.17) is 4.74 Å². The van der Waals surface area contributed by atoms with Crippen molar-refractivity contribution < 1.29 is 9.66 Å². The Kier molecular flexibility index (Phi) is 2.67. The maximum absolute atomic E-state index is 10.7. The standard InChI is InChI=1S/C10H11NO3S/c1-10(6-14-10)7-15-9-5-3-2-4-8(9)11(12)13/h2-5H,6-7H2,1H3. The fourth-order valence-corrected chi connectivity index (χ4v) is 2.26. The van der Waals surface area contributed by atoms with Gasteiger partial charge in [0.1, 0.15) is 0 Å². The van der Waals surface area contributed by atoms with Crippen molar-refractivity contribution >= 4 is 17.4 Å². The van der Waals surface area contributed by atoms with Crippen molar-refractivity contribution in [3.05, 3.63) is 34.4 Å². The minimum Gasteiger partial charge on any atom is -0.369 e. The van der Waals surface area contributed by atoms with Crippen LogP contribution in [0.25, 0.3) is 0 Å². The molecule has 4 nitrogen and oxygen atoms in total. The summed E-state index contributed by atoms with van der Waals surface area (Å²) in [6.45, 7) is 2.76. The number of para-hydroxylation sites is 1. The first-order chi connectivity index (χ1) is 7.11.